The van der Waals surface area contributed by atoms with Crippen LogP contribution in [0.3, 0.4) is 0 Å². The highest BCUT2D eigenvalue weighted by atomic mass is 127. The molecular formula is C25H25IN4O4. The molecule has 2 heterocycles. The fraction of sp³-hybridized carbons (Fsp3) is 0.280. The van der Waals surface area contributed by atoms with Crippen molar-refractivity contribution in [2.24, 2.45) is 13.0 Å². The second kappa shape index (κ2) is 9.57. The molecule has 0 aliphatic heterocycles. The van der Waals surface area contributed by atoms with E-state index in [0.29, 0.717) is 40.9 Å². The van der Waals surface area contributed by atoms with E-state index in [9.17, 15) is 14.4 Å². The number of hydrogen-bond donors (Lipinski definition) is 0. The summed E-state index contributed by atoms with van der Waals surface area (Å²) in [6.07, 6.45) is 0. The van der Waals surface area contributed by atoms with Crippen LogP contribution in [0.5, 0.6) is 0 Å². The molecule has 34 heavy (non-hydrogen) atoms. The van der Waals surface area contributed by atoms with Crippen molar-refractivity contribution >= 4 is 39.6 Å². The molecule has 0 N–H and O–H groups in total. The van der Waals surface area contributed by atoms with E-state index in [1.54, 1.807) is 27.4 Å². The number of fused-ring (bicyclic) bond motifs is 1. The lowest BCUT2D eigenvalue weighted by Gasteiger charge is -2.11. The lowest BCUT2D eigenvalue weighted by molar-refractivity contribution is 0.0601. The summed E-state index contributed by atoms with van der Waals surface area (Å²) in [5.74, 6) is -0.301. The molecule has 8 nitrogen and oxygen atoms in total. The lowest BCUT2D eigenvalue weighted by Crippen LogP contribution is -2.38. The number of methoxy groups -OCH3 is 1. The molecule has 2 aromatic heterocycles. The number of halogens is 1. The molecule has 0 saturated carbocycles. The highest BCUT2D eigenvalue weighted by molar-refractivity contribution is 14.1. The van der Waals surface area contributed by atoms with E-state index in [0.717, 1.165) is 13.7 Å². The van der Waals surface area contributed by atoms with Crippen molar-refractivity contribution < 1.29 is 9.53 Å². The van der Waals surface area contributed by atoms with Crippen LogP contribution in [0.1, 0.15) is 29.8 Å². The van der Waals surface area contributed by atoms with E-state index in [-0.39, 0.29) is 5.92 Å². The van der Waals surface area contributed by atoms with Gasteiger partial charge in [-0.25, -0.2) is 9.59 Å². The van der Waals surface area contributed by atoms with Crippen LogP contribution < -0.4 is 11.2 Å². The molecule has 0 spiro atoms. The zero-order chi connectivity index (χ0) is 24.6. The summed E-state index contributed by atoms with van der Waals surface area (Å²) in [5.41, 5.74) is 2.07. The van der Waals surface area contributed by atoms with Gasteiger partial charge >= 0.3 is 11.7 Å². The first kappa shape index (κ1) is 23.9. The summed E-state index contributed by atoms with van der Waals surface area (Å²) in [4.78, 5) is 38.6. The van der Waals surface area contributed by atoms with E-state index in [2.05, 4.69) is 22.6 Å². The molecule has 4 rings (SSSR count). The molecule has 0 radical (unpaired) electrons. The Bertz CT molecular complexity index is 1510. The van der Waals surface area contributed by atoms with E-state index in [1.165, 1.54) is 14.2 Å². The maximum absolute atomic E-state index is 13.4. The van der Waals surface area contributed by atoms with E-state index in [4.69, 9.17) is 9.84 Å². The number of carbonyl (C=O) groups is 1. The van der Waals surface area contributed by atoms with Crippen LogP contribution in [0.2, 0.25) is 0 Å². The molecule has 2 aromatic carbocycles. The second-order valence-corrected chi connectivity index (χ2v) is 9.80. The SMILES string of the molecule is COC(=O)c1cccc(-c2c3c(=O)n(C)c(=O)n(CC(C)C)c3nn2Cc2cccc(I)c2)c1. The highest BCUT2D eigenvalue weighted by Gasteiger charge is 2.23. The standard InChI is InChI=1S/C25H25IN4O4/c1-15(2)13-29-22-20(23(31)28(3)25(29)33)21(17-8-6-9-18(12-17)24(32)34-4)30(27-22)14-16-7-5-10-19(26)11-16/h5-12,15H,13-14H2,1-4H3. The van der Waals surface area contributed by atoms with Crippen LogP contribution in [0.4, 0.5) is 0 Å². The van der Waals surface area contributed by atoms with E-state index >= 15 is 0 Å². The first-order valence-corrected chi connectivity index (χ1v) is 11.9. The monoisotopic (exact) mass is 572 g/mol. The summed E-state index contributed by atoms with van der Waals surface area (Å²) >= 11 is 2.25. The van der Waals surface area contributed by atoms with Gasteiger partial charge in [-0.15, -0.1) is 0 Å². The number of nitrogens with zero attached hydrogens (tertiary/aromatic N) is 4. The van der Waals surface area contributed by atoms with Gasteiger partial charge in [-0.1, -0.05) is 38.1 Å². The maximum atomic E-state index is 13.4. The zero-order valence-electron chi connectivity index (χ0n) is 19.4. The van der Waals surface area contributed by atoms with Crippen LogP contribution in [-0.2, 0) is 24.9 Å². The Morgan fingerprint density at radius 1 is 1.12 bits per heavy atom. The van der Waals surface area contributed by atoms with Gasteiger partial charge < -0.3 is 4.74 Å². The minimum absolute atomic E-state index is 0.172. The Morgan fingerprint density at radius 2 is 1.85 bits per heavy atom. The van der Waals surface area contributed by atoms with Gasteiger partial charge in [0.15, 0.2) is 5.65 Å². The molecule has 9 heteroatoms. The van der Waals surface area contributed by atoms with Gasteiger partial charge in [0.2, 0.25) is 0 Å². The van der Waals surface area contributed by atoms with Crippen molar-refractivity contribution in [1.29, 1.82) is 0 Å². The number of aromatic nitrogens is 4. The van der Waals surface area contributed by atoms with Crippen LogP contribution in [-0.4, -0.2) is 32.0 Å². The van der Waals surface area contributed by atoms with Gasteiger partial charge in [-0.2, -0.15) is 5.10 Å². The fourth-order valence-electron chi connectivity index (χ4n) is 4.02. The van der Waals surface area contributed by atoms with Gasteiger partial charge in [0.05, 0.1) is 24.9 Å². The Kier molecular flexibility index (Phi) is 6.74. The van der Waals surface area contributed by atoms with Gasteiger partial charge in [-0.05, 0) is 58.3 Å². The van der Waals surface area contributed by atoms with Crippen molar-refractivity contribution in [3.8, 4) is 11.3 Å². The van der Waals surface area contributed by atoms with Gasteiger partial charge in [0, 0.05) is 22.7 Å². The second-order valence-electron chi connectivity index (χ2n) is 8.56. The number of benzene rings is 2. The fourth-order valence-corrected chi connectivity index (χ4v) is 4.63. The van der Waals surface area contributed by atoms with Crippen molar-refractivity contribution in [3.63, 3.8) is 0 Å². The quantitative estimate of drug-likeness (QED) is 0.260. The number of carbonyl (C=O) groups excluding carboxylic acids is 1. The average Bonchev–Trinajstić information content (AvgIpc) is 3.18. The first-order chi connectivity index (χ1) is 16.2. The Morgan fingerprint density at radius 3 is 2.53 bits per heavy atom. The van der Waals surface area contributed by atoms with Gasteiger partial charge in [0.1, 0.15) is 5.39 Å². The minimum atomic E-state index is -0.473. The molecule has 0 fully saturated rings. The summed E-state index contributed by atoms with van der Waals surface area (Å²) in [5, 5.41) is 5.12. The Hall–Kier alpha value is -3.21. The Balaban J connectivity index is 2.07. The average molecular weight is 572 g/mol. The summed E-state index contributed by atoms with van der Waals surface area (Å²) in [7, 11) is 2.80. The topological polar surface area (TPSA) is 88.1 Å². The summed E-state index contributed by atoms with van der Waals surface area (Å²) in [6, 6.07) is 14.9. The highest BCUT2D eigenvalue weighted by Crippen LogP contribution is 2.28. The minimum Gasteiger partial charge on any atom is -0.465 e. The van der Waals surface area contributed by atoms with Gasteiger partial charge in [-0.3, -0.25) is 18.6 Å². The van der Waals surface area contributed by atoms with Crippen LogP contribution in [0.25, 0.3) is 22.3 Å². The van der Waals surface area contributed by atoms with Crippen LogP contribution in [0, 0.1) is 9.49 Å². The molecule has 176 valence electrons. The number of ether oxygens (including phenoxy) is 1. The molecule has 0 amide bonds. The molecule has 0 unspecified atom stereocenters. The number of rotatable bonds is 6. The van der Waals surface area contributed by atoms with E-state index in [1.807, 2.05) is 44.2 Å². The predicted molar refractivity (Wildman–Crippen MR) is 139 cm³/mol. The third kappa shape index (κ3) is 4.44. The molecule has 4 aromatic rings. The first-order valence-electron chi connectivity index (χ1n) is 10.8. The predicted octanol–water partition coefficient (Wildman–Crippen LogP) is 3.66. The van der Waals surface area contributed by atoms with Crippen molar-refractivity contribution in [3.05, 3.63) is 84.1 Å². The van der Waals surface area contributed by atoms with E-state index < -0.39 is 17.2 Å². The van der Waals surface area contributed by atoms with Crippen molar-refractivity contribution in [2.45, 2.75) is 26.9 Å². The molecule has 0 bridgehead atoms. The van der Waals surface area contributed by atoms with Crippen LogP contribution >= 0.6 is 22.6 Å². The number of hydrogen-bond acceptors (Lipinski definition) is 5. The van der Waals surface area contributed by atoms with Gasteiger partial charge in [0.25, 0.3) is 5.56 Å². The maximum Gasteiger partial charge on any atom is 0.337 e. The lowest BCUT2D eigenvalue weighted by atomic mass is 10.1. The Labute approximate surface area is 209 Å². The molecule has 0 atom stereocenters. The molecule has 0 saturated heterocycles. The largest absolute Gasteiger partial charge is 0.465 e. The third-order valence-electron chi connectivity index (χ3n) is 5.55. The summed E-state index contributed by atoms with van der Waals surface area (Å²) in [6.45, 7) is 4.83. The van der Waals surface area contributed by atoms with Crippen LogP contribution in [0.15, 0.2) is 58.1 Å². The molecular weight excluding hydrogens is 547 g/mol. The number of esters is 1. The smallest absolute Gasteiger partial charge is 0.337 e. The molecule has 0 aliphatic carbocycles. The molecule has 0 aliphatic rings. The zero-order valence-corrected chi connectivity index (χ0v) is 21.6. The normalized spacial score (nSPS) is 11.4. The third-order valence-corrected chi connectivity index (χ3v) is 6.22. The summed E-state index contributed by atoms with van der Waals surface area (Å²) < 4.78 is 10.4. The van der Waals surface area contributed by atoms with Crippen molar-refractivity contribution in [2.75, 3.05) is 7.11 Å². The van der Waals surface area contributed by atoms with Crippen molar-refractivity contribution in [1.82, 2.24) is 18.9 Å².